The predicted molar refractivity (Wildman–Crippen MR) is 235 cm³/mol. The van der Waals surface area contributed by atoms with Crippen molar-refractivity contribution in [1.82, 2.24) is 10.6 Å². The molecule has 5 aliphatic rings. The van der Waals surface area contributed by atoms with Crippen molar-refractivity contribution >= 4 is 29.1 Å². The number of ether oxygens (including phenoxy) is 5. The molecule has 2 spiro atoms. The molecule has 4 fully saturated rings. The van der Waals surface area contributed by atoms with Crippen LogP contribution < -0.4 is 10.6 Å². The van der Waals surface area contributed by atoms with Gasteiger partial charge in [0.05, 0.1) is 53.7 Å². The number of nitrogens with one attached hydrogen (secondary N) is 2. The molecule has 18 atom stereocenters. The molecule has 0 aromatic rings. The van der Waals surface area contributed by atoms with E-state index in [1.165, 1.54) is 0 Å². The van der Waals surface area contributed by atoms with Gasteiger partial charge in [-0.15, -0.1) is 0 Å². The van der Waals surface area contributed by atoms with Crippen LogP contribution in [0.5, 0.6) is 0 Å². The zero-order valence-electron chi connectivity index (χ0n) is 38.5. The number of Topliss-reactive ketones (excluding diaryl/α,β-unsaturated/α-hetero) is 1. The van der Waals surface area contributed by atoms with Crippen molar-refractivity contribution < 1.29 is 48.6 Å². The van der Waals surface area contributed by atoms with Gasteiger partial charge in [-0.1, -0.05) is 74.8 Å². The summed E-state index contributed by atoms with van der Waals surface area (Å²) in [7, 11) is 0. The second-order valence-electron chi connectivity index (χ2n) is 19.7. The van der Waals surface area contributed by atoms with E-state index in [1.807, 2.05) is 40.7 Å². The zero-order valence-corrected chi connectivity index (χ0v) is 39.4. The average Bonchev–Trinajstić information content (AvgIpc) is 3.55. The Labute approximate surface area is 366 Å². The molecule has 0 aromatic carbocycles. The Kier molecular flexibility index (Phi) is 16.4. The van der Waals surface area contributed by atoms with Crippen LogP contribution in [0.15, 0.2) is 12.2 Å². The highest BCUT2D eigenvalue weighted by Crippen LogP contribution is 2.54. The van der Waals surface area contributed by atoms with Crippen LogP contribution in [-0.2, 0) is 33.3 Å². The Morgan fingerprint density at radius 1 is 0.917 bits per heavy atom. The first-order chi connectivity index (χ1) is 28.2. The van der Waals surface area contributed by atoms with E-state index in [-0.39, 0.29) is 41.8 Å². The Balaban J connectivity index is 1.38. The number of rotatable bonds is 16. The van der Waals surface area contributed by atoms with Crippen molar-refractivity contribution in [2.24, 2.45) is 41.4 Å². The number of aliphatic hydroxyl groups is 2. The van der Waals surface area contributed by atoms with Crippen molar-refractivity contribution in [2.75, 3.05) is 6.54 Å². The minimum atomic E-state index is -1.20. The van der Waals surface area contributed by atoms with Gasteiger partial charge in [0, 0.05) is 36.6 Å². The smallest absolute Gasteiger partial charge is 0.309 e. The minimum Gasteiger partial charge on any atom is -0.481 e. The normalized spacial score (nSPS) is 42.0. The summed E-state index contributed by atoms with van der Waals surface area (Å²) in [4.78, 5) is 26.7. The molecule has 5 rings (SSSR count). The Hall–Kier alpha value is -1.71. The standard InChI is InChI=1S/C47H80N2O10S/c1-12-16-25-48-43(60)49-36-19-22-46(59-47(36)24-23-44(11,58-47)37-20-21-45(54,15-4)32(10)55-37)29(7)26-28(6)41(57-46)34(14-3)39(51)30(8)38(50)31(9)40-27(5)17-18-35(56-40)33(13-2)42(52)53/h19,22,27-38,40-41,50,54H,12-18,20-21,23-26H2,1-11H3,(H,52,53)(H2,48,49,60)/t27-,28-,29+,30-,31-,32-,33+,34-,35+,36-,37+,38+,40+,41-,44-,45+,46-,47-/m0/s1. The van der Waals surface area contributed by atoms with E-state index in [4.69, 9.17) is 35.9 Å². The van der Waals surface area contributed by atoms with Crippen molar-refractivity contribution in [3.8, 4) is 0 Å². The maximum Gasteiger partial charge on any atom is 0.309 e. The third kappa shape index (κ3) is 9.98. The maximum absolute atomic E-state index is 14.7. The van der Waals surface area contributed by atoms with Gasteiger partial charge >= 0.3 is 5.97 Å². The number of aliphatic hydroxyl groups excluding tert-OH is 1. The monoisotopic (exact) mass is 865 g/mol. The molecule has 5 N–H and O–H groups in total. The molecule has 0 saturated carbocycles. The van der Waals surface area contributed by atoms with E-state index in [2.05, 4.69) is 51.3 Å². The zero-order chi connectivity index (χ0) is 44.4. The molecule has 60 heavy (non-hydrogen) atoms. The first-order valence-electron chi connectivity index (χ1n) is 23.5. The van der Waals surface area contributed by atoms with Crippen LogP contribution in [0.25, 0.3) is 0 Å². The van der Waals surface area contributed by atoms with Crippen molar-refractivity contribution in [2.45, 2.75) is 219 Å². The number of hydrogen-bond donors (Lipinski definition) is 5. The summed E-state index contributed by atoms with van der Waals surface area (Å²) in [6.07, 6.45) is 9.46. The number of carboxylic acids is 1. The Morgan fingerprint density at radius 3 is 2.23 bits per heavy atom. The summed E-state index contributed by atoms with van der Waals surface area (Å²) in [6, 6.07) is -0.443. The van der Waals surface area contributed by atoms with Gasteiger partial charge in [-0.25, -0.2) is 0 Å². The highest BCUT2D eigenvalue weighted by atomic mass is 32.1. The van der Waals surface area contributed by atoms with Gasteiger partial charge in [0.25, 0.3) is 0 Å². The van der Waals surface area contributed by atoms with Gasteiger partial charge in [-0.05, 0) is 108 Å². The first-order valence-corrected chi connectivity index (χ1v) is 23.9. The third-order valence-electron chi connectivity index (χ3n) is 15.6. The van der Waals surface area contributed by atoms with E-state index in [1.54, 1.807) is 6.92 Å². The molecule has 12 nitrogen and oxygen atoms in total. The summed E-state index contributed by atoms with van der Waals surface area (Å²) in [5.41, 5.74) is -1.59. The number of hydrogen-bond acceptors (Lipinski definition) is 10. The fourth-order valence-corrected chi connectivity index (χ4v) is 11.5. The van der Waals surface area contributed by atoms with Gasteiger partial charge < -0.3 is 49.6 Å². The number of ketones is 1. The molecule has 4 saturated heterocycles. The lowest BCUT2D eigenvalue weighted by Crippen LogP contribution is -2.66. The quantitative estimate of drug-likeness (QED) is 0.0591. The van der Waals surface area contributed by atoms with Gasteiger partial charge in [-0.2, -0.15) is 0 Å². The molecule has 5 heterocycles. The fourth-order valence-electron chi connectivity index (χ4n) is 11.2. The number of carboxylic acid groups (broad SMARTS) is 1. The molecule has 0 aliphatic carbocycles. The van der Waals surface area contributed by atoms with Gasteiger partial charge in [0.1, 0.15) is 11.8 Å². The molecule has 344 valence electrons. The second kappa shape index (κ2) is 20.0. The Morgan fingerprint density at radius 2 is 1.62 bits per heavy atom. The highest BCUT2D eigenvalue weighted by molar-refractivity contribution is 7.80. The molecule has 0 aromatic heterocycles. The molecule has 5 aliphatic heterocycles. The lowest BCUT2D eigenvalue weighted by Gasteiger charge is -2.55. The van der Waals surface area contributed by atoms with Crippen LogP contribution in [-0.4, -0.2) is 104 Å². The summed E-state index contributed by atoms with van der Waals surface area (Å²) in [5, 5.41) is 40.3. The number of aliphatic carboxylic acids is 1. The Bertz CT molecular complexity index is 1520. The topological polar surface area (TPSA) is 165 Å². The molecule has 0 amide bonds. The van der Waals surface area contributed by atoms with E-state index >= 15 is 0 Å². The molecular weight excluding hydrogens is 785 g/mol. The number of carbonyl (C=O) groups is 2. The maximum atomic E-state index is 14.7. The molecule has 0 radical (unpaired) electrons. The lowest BCUT2D eigenvalue weighted by atomic mass is 9.72. The van der Waals surface area contributed by atoms with Gasteiger partial charge in [0.2, 0.25) is 0 Å². The van der Waals surface area contributed by atoms with Crippen molar-refractivity contribution in [1.29, 1.82) is 0 Å². The average molecular weight is 865 g/mol. The molecular formula is C47H80N2O10S. The number of unbranched alkanes of at least 4 members (excludes halogenated alkanes) is 1. The van der Waals surface area contributed by atoms with Crippen LogP contribution in [0, 0.1) is 41.4 Å². The summed E-state index contributed by atoms with van der Waals surface area (Å²) in [5.74, 6) is -5.48. The van der Waals surface area contributed by atoms with Crippen LogP contribution in [0.1, 0.15) is 153 Å². The third-order valence-corrected chi connectivity index (χ3v) is 15.8. The lowest BCUT2D eigenvalue weighted by molar-refractivity contribution is -0.397. The van der Waals surface area contributed by atoms with E-state index in [0.29, 0.717) is 56.5 Å². The number of thiocarbonyl (C=S) groups is 1. The van der Waals surface area contributed by atoms with Crippen molar-refractivity contribution in [3.05, 3.63) is 12.2 Å². The fraction of sp³-hybridized carbons (Fsp3) is 0.894. The van der Waals surface area contributed by atoms with Crippen LogP contribution >= 0.6 is 12.2 Å². The summed E-state index contributed by atoms with van der Waals surface area (Å²) in [6.45, 7) is 22.8. The SMILES string of the molecule is CCCCNC(=S)N[C@H]1C=C[C@]2(O[C@H]([C@@H](CC)C(=O)[C@@H](C)[C@@H](O)[C@H](C)[C@@H]3O[C@@H]([C@@H](CC)C(=O)O)CC[C@@H]3C)[C@@H](C)C[C@H]2C)O[C@@]12CC[C@@](C)([C@H]1CC[C@](O)(CC)[C@H](C)O1)O2. The second-order valence-corrected chi connectivity index (χ2v) is 20.1. The van der Waals surface area contributed by atoms with Gasteiger partial charge in [-0.3, -0.25) is 9.59 Å². The van der Waals surface area contributed by atoms with Crippen LogP contribution in [0.2, 0.25) is 0 Å². The van der Waals surface area contributed by atoms with Crippen molar-refractivity contribution in [3.63, 3.8) is 0 Å². The van der Waals surface area contributed by atoms with Crippen LogP contribution in [0.3, 0.4) is 0 Å². The van der Waals surface area contributed by atoms with E-state index in [0.717, 1.165) is 32.2 Å². The van der Waals surface area contributed by atoms with Gasteiger partial charge in [0.15, 0.2) is 16.7 Å². The summed E-state index contributed by atoms with van der Waals surface area (Å²) < 4.78 is 34.8. The first kappa shape index (κ1) is 49.3. The highest BCUT2D eigenvalue weighted by Gasteiger charge is 2.63. The number of carbonyl (C=O) groups excluding carboxylic acids is 1. The van der Waals surface area contributed by atoms with E-state index in [9.17, 15) is 24.9 Å². The minimum absolute atomic E-state index is 0.0223. The summed E-state index contributed by atoms with van der Waals surface area (Å²) >= 11 is 5.79. The predicted octanol–water partition coefficient (Wildman–Crippen LogP) is 7.46. The molecule has 0 bridgehead atoms. The molecule has 13 heteroatoms. The van der Waals surface area contributed by atoms with E-state index < -0.39 is 76.8 Å². The largest absolute Gasteiger partial charge is 0.481 e. The molecule has 0 unspecified atom stereocenters. The van der Waals surface area contributed by atoms with Crippen LogP contribution in [0.4, 0.5) is 0 Å².